The summed E-state index contributed by atoms with van der Waals surface area (Å²) in [6.45, 7) is 4.00. The fraction of sp³-hybridized carbons (Fsp3) is 0.294. The predicted molar refractivity (Wildman–Crippen MR) is 89.2 cm³/mol. The van der Waals surface area contributed by atoms with E-state index in [2.05, 4.69) is 22.3 Å². The molecule has 1 aromatic carbocycles. The van der Waals surface area contributed by atoms with Crippen LogP contribution >= 0.6 is 0 Å². The molecular weight excluding hydrogens is 290 g/mol. The standard InChI is InChI=1S/C17H21N5O/c1-4-6-12-15(5-2)21(3)16(23)13-22-19-17(18-20-22)14-10-8-7-9-11-14/h5-12H,4,13H2,1-3H3/b12-6-,15-5+. The molecule has 0 aliphatic rings. The summed E-state index contributed by atoms with van der Waals surface area (Å²) in [4.78, 5) is 15.3. The summed E-state index contributed by atoms with van der Waals surface area (Å²) in [5.41, 5.74) is 1.72. The van der Waals surface area contributed by atoms with Gasteiger partial charge in [0.2, 0.25) is 11.7 Å². The Kier molecular flexibility index (Phi) is 5.80. The third-order valence-electron chi connectivity index (χ3n) is 3.34. The van der Waals surface area contributed by atoms with Crippen molar-refractivity contribution in [1.82, 2.24) is 25.1 Å². The first kappa shape index (κ1) is 16.6. The molecule has 120 valence electrons. The normalized spacial score (nSPS) is 11.9. The van der Waals surface area contributed by atoms with Gasteiger partial charge < -0.3 is 4.90 Å². The first-order valence-corrected chi connectivity index (χ1v) is 7.58. The second-order valence-electron chi connectivity index (χ2n) is 4.99. The molecule has 0 fully saturated rings. The van der Waals surface area contributed by atoms with E-state index in [-0.39, 0.29) is 12.5 Å². The lowest BCUT2D eigenvalue weighted by atomic mass is 10.2. The van der Waals surface area contributed by atoms with Gasteiger partial charge in [-0.25, -0.2) is 0 Å². The number of aromatic nitrogens is 4. The van der Waals surface area contributed by atoms with E-state index in [1.54, 1.807) is 11.9 Å². The van der Waals surface area contributed by atoms with Crippen LogP contribution in [0.1, 0.15) is 20.3 Å². The van der Waals surface area contributed by atoms with E-state index in [4.69, 9.17) is 0 Å². The molecule has 0 saturated heterocycles. The lowest BCUT2D eigenvalue weighted by Gasteiger charge is -2.17. The Hall–Kier alpha value is -2.76. The minimum absolute atomic E-state index is 0.0492. The summed E-state index contributed by atoms with van der Waals surface area (Å²) in [5, 5.41) is 12.2. The zero-order valence-electron chi connectivity index (χ0n) is 13.7. The van der Waals surface area contributed by atoms with Crippen molar-refractivity contribution in [2.75, 3.05) is 7.05 Å². The number of tetrazole rings is 1. The topological polar surface area (TPSA) is 63.9 Å². The van der Waals surface area contributed by atoms with Crippen LogP contribution < -0.4 is 0 Å². The number of hydrogen-bond acceptors (Lipinski definition) is 4. The first-order chi connectivity index (χ1) is 11.2. The number of carbonyl (C=O) groups excluding carboxylic acids is 1. The molecule has 0 aliphatic carbocycles. The van der Waals surface area contributed by atoms with Crippen molar-refractivity contribution in [3.8, 4) is 11.4 Å². The van der Waals surface area contributed by atoms with Gasteiger partial charge in [0.25, 0.3) is 0 Å². The summed E-state index contributed by atoms with van der Waals surface area (Å²) in [7, 11) is 1.74. The number of allylic oxidation sites excluding steroid dienone is 3. The van der Waals surface area contributed by atoms with E-state index >= 15 is 0 Å². The van der Waals surface area contributed by atoms with Crippen molar-refractivity contribution in [1.29, 1.82) is 0 Å². The molecule has 23 heavy (non-hydrogen) atoms. The molecule has 0 N–H and O–H groups in total. The van der Waals surface area contributed by atoms with Gasteiger partial charge in [-0.05, 0) is 24.6 Å². The summed E-state index contributed by atoms with van der Waals surface area (Å²) < 4.78 is 0. The van der Waals surface area contributed by atoms with E-state index in [1.807, 2.05) is 55.5 Å². The highest BCUT2D eigenvalue weighted by atomic mass is 16.2. The molecule has 6 nitrogen and oxygen atoms in total. The third kappa shape index (κ3) is 4.35. The molecule has 2 aromatic rings. The molecule has 0 unspecified atom stereocenters. The van der Waals surface area contributed by atoms with Crippen LogP contribution in [0.25, 0.3) is 11.4 Å². The quantitative estimate of drug-likeness (QED) is 0.769. The largest absolute Gasteiger partial charge is 0.314 e. The third-order valence-corrected chi connectivity index (χ3v) is 3.34. The maximum absolute atomic E-state index is 12.3. The van der Waals surface area contributed by atoms with Gasteiger partial charge in [-0.2, -0.15) is 4.80 Å². The highest BCUT2D eigenvalue weighted by Crippen LogP contribution is 2.12. The summed E-state index contributed by atoms with van der Waals surface area (Å²) in [6.07, 6.45) is 6.76. The van der Waals surface area contributed by atoms with Crippen LogP contribution in [0, 0.1) is 0 Å². The minimum Gasteiger partial charge on any atom is -0.314 e. The smallest absolute Gasteiger partial charge is 0.250 e. The number of likely N-dealkylation sites (N-methyl/N-ethyl adjacent to an activating group) is 1. The van der Waals surface area contributed by atoms with E-state index in [0.29, 0.717) is 5.82 Å². The molecule has 1 amide bonds. The van der Waals surface area contributed by atoms with Crippen LogP contribution in [0.5, 0.6) is 0 Å². The Labute approximate surface area is 136 Å². The van der Waals surface area contributed by atoms with E-state index in [9.17, 15) is 4.79 Å². The predicted octanol–water partition coefficient (Wildman–Crippen LogP) is 2.67. The van der Waals surface area contributed by atoms with E-state index in [0.717, 1.165) is 17.7 Å². The number of rotatable bonds is 6. The zero-order chi connectivity index (χ0) is 16.7. The summed E-state index contributed by atoms with van der Waals surface area (Å²) in [5.74, 6) is 0.411. The highest BCUT2D eigenvalue weighted by Gasteiger charge is 2.14. The Bertz CT molecular complexity index is 703. The number of amides is 1. The van der Waals surface area contributed by atoms with Gasteiger partial charge >= 0.3 is 0 Å². The first-order valence-electron chi connectivity index (χ1n) is 7.58. The maximum atomic E-state index is 12.3. The molecule has 6 heteroatoms. The zero-order valence-corrected chi connectivity index (χ0v) is 13.7. The molecule has 0 radical (unpaired) electrons. The molecular formula is C17H21N5O. The van der Waals surface area contributed by atoms with E-state index in [1.165, 1.54) is 4.80 Å². The van der Waals surface area contributed by atoms with Crippen LogP contribution in [-0.4, -0.2) is 38.1 Å². The van der Waals surface area contributed by atoms with Crippen LogP contribution in [0.3, 0.4) is 0 Å². The molecule has 1 aromatic heterocycles. The van der Waals surface area contributed by atoms with Crippen LogP contribution in [0.4, 0.5) is 0 Å². The van der Waals surface area contributed by atoms with Gasteiger partial charge in [-0.15, -0.1) is 10.2 Å². The van der Waals surface area contributed by atoms with Crippen molar-refractivity contribution in [3.05, 3.63) is 54.3 Å². The lowest BCUT2D eigenvalue weighted by molar-refractivity contribution is -0.129. The number of benzene rings is 1. The van der Waals surface area contributed by atoms with Crippen LogP contribution in [0.2, 0.25) is 0 Å². The van der Waals surface area contributed by atoms with Crippen molar-refractivity contribution >= 4 is 5.91 Å². The highest BCUT2D eigenvalue weighted by molar-refractivity contribution is 5.77. The fourth-order valence-electron chi connectivity index (χ4n) is 2.02. The van der Waals surface area contributed by atoms with Gasteiger partial charge in [0.15, 0.2) is 0 Å². The monoisotopic (exact) mass is 311 g/mol. The molecule has 0 saturated carbocycles. The average Bonchev–Trinajstić information content (AvgIpc) is 3.04. The van der Waals surface area contributed by atoms with Crippen molar-refractivity contribution in [3.63, 3.8) is 0 Å². The van der Waals surface area contributed by atoms with Gasteiger partial charge in [-0.1, -0.05) is 49.4 Å². The van der Waals surface area contributed by atoms with Crippen LogP contribution in [-0.2, 0) is 11.3 Å². The fourth-order valence-corrected chi connectivity index (χ4v) is 2.02. The van der Waals surface area contributed by atoms with Gasteiger partial charge in [-0.3, -0.25) is 4.79 Å². The molecule has 2 rings (SSSR count). The molecule has 0 aliphatic heterocycles. The van der Waals surface area contributed by atoms with Crippen molar-refractivity contribution in [2.45, 2.75) is 26.8 Å². The van der Waals surface area contributed by atoms with Gasteiger partial charge in [0, 0.05) is 18.3 Å². The average molecular weight is 311 g/mol. The SMILES string of the molecule is C/C=C(\C=C/CC)N(C)C(=O)Cn1nnc(-c2ccccc2)n1. The Balaban J connectivity index is 2.06. The molecule has 0 bridgehead atoms. The Morgan fingerprint density at radius 1 is 1.30 bits per heavy atom. The number of hydrogen-bond donors (Lipinski definition) is 0. The maximum Gasteiger partial charge on any atom is 0.250 e. The lowest BCUT2D eigenvalue weighted by Crippen LogP contribution is -2.29. The summed E-state index contributed by atoms with van der Waals surface area (Å²) >= 11 is 0. The Morgan fingerprint density at radius 3 is 2.70 bits per heavy atom. The second-order valence-corrected chi connectivity index (χ2v) is 4.99. The molecule has 0 spiro atoms. The van der Waals surface area contributed by atoms with Gasteiger partial charge in [0.05, 0.1) is 0 Å². The minimum atomic E-state index is -0.101. The summed E-state index contributed by atoms with van der Waals surface area (Å²) in [6, 6.07) is 9.56. The van der Waals surface area contributed by atoms with Crippen LogP contribution in [0.15, 0.2) is 54.3 Å². The van der Waals surface area contributed by atoms with Gasteiger partial charge in [0.1, 0.15) is 6.54 Å². The number of carbonyl (C=O) groups is 1. The Morgan fingerprint density at radius 2 is 2.04 bits per heavy atom. The number of nitrogens with zero attached hydrogens (tertiary/aromatic N) is 5. The molecule has 0 atom stereocenters. The van der Waals surface area contributed by atoms with Crippen molar-refractivity contribution in [2.24, 2.45) is 0 Å². The van der Waals surface area contributed by atoms with Crippen molar-refractivity contribution < 1.29 is 4.79 Å². The van der Waals surface area contributed by atoms with E-state index < -0.39 is 0 Å². The second kappa shape index (κ2) is 8.03. The molecule has 1 heterocycles.